The van der Waals surface area contributed by atoms with Gasteiger partial charge in [-0.2, -0.15) is 0 Å². The fourth-order valence-electron chi connectivity index (χ4n) is 3.52. The SMILES string of the molecule is COc1ccc(CN(C(=O)CCc2ccccc2)[C@H](C)C(=O)NCc2ccccc2Cl)cc1. The number of aryl methyl sites for hydroxylation is 1. The van der Waals surface area contributed by atoms with E-state index in [1.807, 2.05) is 72.8 Å². The largest absolute Gasteiger partial charge is 0.497 e. The highest BCUT2D eigenvalue weighted by Crippen LogP contribution is 2.17. The van der Waals surface area contributed by atoms with Gasteiger partial charge in [0.1, 0.15) is 11.8 Å². The molecule has 0 aromatic heterocycles. The van der Waals surface area contributed by atoms with Gasteiger partial charge in [-0.05, 0) is 48.2 Å². The second kappa shape index (κ2) is 12.1. The Kier molecular flexibility index (Phi) is 8.90. The number of carbonyl (C=O) groups is 2. The van der Waals surface area contributed by atoms with Crippen LogP contribution in [0.1, 0.15) is 30.0 Å². The number of methoxy groups -OCH3 is 1. The van der Waals surface area contributed by atoms with Crippen LogP contribution in [0.25, 0.3) is 0 Å². The van der Waals surface area contributed by atoms with Crippen molar-refractivity contribution in [2.45, 2.75) is 38.9 Å². The van der Waals surface area contributed by atoms with E-state index in [1.165, 1.54) is 0 Å². The molecule has 33 heavy (non-hydrogen) atoms. The number of benzene rings is 3. The van der Waals surface area contributed by atoms with E-state index in [1.54, 1.807) is 25.0 Å². The van der Waals surface area contributed by atoms with Crippen LogP contribution in [0.5, 0.6) is 5.75 Å². The van der Waals surface area contributed by atoms with E-state index >= 15 is 0 Å². The summed E-state index contributed by atoms with van der Waals surface area (Å²) in [6, 6.07) is 24.1. The van der Waals surface area contributed by atoms with Gasteiger partial charge in [-0.15, -0.1) is 0 Å². The molecule has 0 aliphatic heterocycles. The quantitative estimate of drug-likeness (QED) is 0.458. The summed E-state index contributed by atoms with van der Waals surface area (Å²) in [5.41, 5.74) is 2.84. The molecule has 3 rings (SSSR count). The highest BCUT2D eigenvalue weighted by atomic mass is 35.5. The van der Waals surface area contributed by atoms with Crippen molar-refractivity contribution in [3.8, 4) is 5.75 Å². The molecule has 6 heteroatoms. The maximum Gasteiger partial charge on any atom is 0.242 e. The Labute approximate surface area is 200 Å². The number of amides is 2. The molecule has 0 radical (unpaired) electrons. The molecule has 0 saturated carbocycles. The van der Waals surface area contributed by atoms with Crippen LogP contribution < -0.4 is 10.1 Å². The molecule has 2 amide bonds. The monoisotopic (exact) mass is 464 g/mol. The normalized spacial score (nSPS) is 11.5. The number of carbonyl (C=O) groups excluding carboxylic acids is 2. The minimum atomic E-state index is -0.641. The fraction of sp³-hybridized carbons (Fsp3) is 0.259. The number of rotatable bonds is 10. The molecular formula is C27H29ClN2O3. The molecule has 0 heterocycles. The Morgan fingerprint density at radius 3 is 2.27 bits per heavy atom. The third kappa shape index (κ3) is 7.09. The fourth-order valence-corrected chi connectivity index (χ4v) is 3.72. The van der Waals surface area contributed by atoms with E-state index < -0.39 is 6.04 Å². The predicted molar refractivity (Wildman–Crippen MR) is 131 cm³/mol. The average Bonchev–Trinajstić information content (AvgIpc) is 2.85. The van der Waals surface area contributed by atoms with Gasteiger partial charge >= 0.3 is 0 Å². The van der Waals surface area contributed by atoms with Gasteiger partial charge < -0.3 is 15.0 Å². The van der Waals surface area contributed by atoms with Crippen LogP contribution in [-0.4, -0.2) is 29.9 Å². The Balaban J connectivity index is 1.71. The highest BCUT2D eigenvalue weighted by Gasteiger charge is 2.26. The first-order valence-corrected chi connectivity index (χ1v) is 11.3. The summed E-state index contributed by atoms with van der Waals surface area (Å²) in [6.45, 7) is 2.39. The minimum Gasteiger partial charge on any atom is -0.497 e. The standard InChI is InChI=1S/C27H29ClN2O3/c1-20(27(32)29-18-23-10-6-7-11-25(23)28)30(19-22-12-15-24(33-2)16-13-22)26(31)17-14-21-8-4-3-5-9-21/h3-13,15-16,20H,14,17-19H2,1-2H3,(H,29,32)/t20-/m1/s1. The van der Waals surface area contributed by atoms with E-state index in [0.29, 0.717) is 31.0 Å². The van der Waals surface area contributed by atoms with Gasteiger partial charge in [-0.3, -0.25) is 9.59 Å². The molecule has 172 valence electrons. The third-order valence-corrected chi connectivity index (χ3v) is 5.93. The molecule has 0 aliphatic carbocycles. The van der Waals surface area contributed by atoms with Crippen LogP contribution in [-0.2, 0) is 29.1 Å². The first-order chi connectivity index (χ1) is 16.0. The van der Waals surface area contributed by atoms with Crippen molar-refractivity contribution in [1.29, 1.82) is 0 Å². The summed E-state index contributed by atoms with van der Waals surface area (Å²) in [5, 5.41) is 3.51. The van der Waals surface area contributed by atoms with Crippen molar-refractivity contribution in [3.05, 3.63) is 101 Å². The van der Waals surface area contributed by atoms with E-state index in [-0.39, 0.29) is 11.8 Å². The summed E-state index contributed by atoms with van der Waals surface area (Å²) >= 11 is 6.21. The summed E-state index contributed by atoms with van der Waals surface area (Å²) in [5.74, 6) is 0.442. The van der Waals surface area contributed by atoms with Gasteiger partial charge in [0, 0.05) is 24.5 Å². The summed E-state index contributed by atoms with van der Waals surface area (Å²) in [6.07, 6.45) is 0.940. The first kappa shape index (κ1) is 24.3. The lowest BCUT2D eigenvalue weighted by molar-refractivity contribution is -0.140. The van der Waals surface area contributed by atoms with E-state index in [2.05, 4.69) is 5.32 Å². The highest BCUT2D eigenvalue weighted by molar-refractivity contribution is 6.31. The lowest BCUT2D eigenvalue weighted by Gasteiger charge is -2.29. The van der Waals surface area contributed by atoms with Crippen LogP contribution in [0, 0.1) is 0 Å². The van der Waals surface area contributed by atoms with E-state index in [9.17, 15) is 9.59 Å². The molecule has 3 aromatic carbocycles. The Morgan fingerprint density at radius 1 is 0.939 bits per heavy atom. The smallest absolute Gasteiger partial charge is 0.242 e. The van der Waals surface area contributed by atoms with Gasteiger partial charge in [0.15, 0.2) is 0 Å². The molecular weight excluding hydrogens is 436 g/mol. The van der Waals surface area contributed by atoms with E-state index in [0.717, 1.165) is 22.4 Å². The molecule has 0 spiro atoms. The maximum absolute atomic E-state index is 13.2. The van der Waals surface area contributed by atoms with Crippen molar-refractivity contribution >= 4 is 23.4 Å². The predicted octanol–water partition coefficient (Wildman–Crippen LogP) is 5.01. The minimum absolute atomic E-state index is 0.0740. The van der Waals surface area contributed by atoms with Crippen LogP contribution in [0.3, 0.4) is 0 Å². The number of nitrogens with zero attached hydrogens (tertiary/aromatic N) is 1. The number of ether oxygens (including phenoxy) is 1. The molecule has 0 fully saturated rings. The molecule has 0 bridgehead atoms. The van der Waals surface area contributed by atoms with Gasteiger partial charge in [-0.1, -0.05) is 72.3 Å². The summed E-state index contributed by atoms with van der Waals surface area (Å²) < 4.78 is 5.22. The zero-order valence-electron chi connectivity index (χ0n) is 19.0. The number of hydrogen-bond acceptors (Lipinski definition) is 3. The Hall–Kier alpha value is -3.31. The zero-order valence-corrected chi connectivity index (χ0v) is 19.7. The van der Waals surface area contributed by atoms with Gasteiger partial charge in [0.05, 0.1) is 7.11 Å². The molecule has 0 saturated heterocycles. The molecule has 5 nitrogen and oxygen atoms in total. The van der Waals surface area contributed by atoms with Crippen molar-refractivity contribution in [1.82, 2.24) is 10.2 Å². The van der Waals surface area contributed by atoms with Gasteiger partial charge in [-0.25, -0.2) is 0 Å². The van der Waals surface area contributed by atoms with Gasteiger partial charge in [0.2, 0.25) is 11.8 Å². The third-order valence-electron chi connectivity index (χ3n) is 5.56. The zero-order chi connectivity index (χ0) is 23.6. The molecule has 1 N–H and O–H groups in total. The van der Waals surface area contributed by atoms with Crippen LogP contribution in [0.15, 0.2) is 78.9 Å². The van der Waals surface area contributed by atoms with Crippen LogP contribution in [0.2, 0.25) is 5.02 Å². The maximum atomic E-state index is 13.2. The Bertz CT molecular complexity index is 1050. The van der Waals surface area contributed by atoms with Crippen molar-refractivity contribution in [2.75, 3.05) is 7.11 Å². The second-order valence-corrected chi connectivity index (χ2v) is 8.25. The number of nitrogens with one attached hydrogen (secondary N) is 1. The van der Waals surface area contributed by atoms with Crippen molar-refractivity contribution < 1.29 is 14.3 Å². The van der Waals surface area contributed by atoms with Crippen molar-refractivity contribution in [3.63, 3.8) is 0 Å². The summed E-state index contributed by atoms with van der Waals surface area (Å²) in [4.78, 5) is 27.8. The second-order valence-electron chi connectivity index (χ2n) is 7.84. The summed E-state index contributed by atoms with van der Waals surface area (Å²) in [7, 11) is 1.61. The van der Waals surface area contributed by atoms with Gasteiger partial charge in [0.25, 0.3) is 0 Å². The lowest BCUT2D eigenvalue weighted by Crippen LogP contribution is -2.47. The molecule has 3 aromatic rings. The number of halogens is 1. The number of hydrogen-bond donors (Lipinski definition) is 1. The van der Waals surface area contributed by atoms with E-state index in [4.69, 9.17) is 16.3 Å². The van der Waals surface area contributed by atoms with Crippen molar-refractivity contribution in [2.24, 2.45) is 0 Å². The first-order valence-electron chi connectivity index (χ1n) is 11.0. The molecule has 1 atom stereocenters. The average molecular weight is 465 g/mol. The molecule has 0 unspecified atom stereocenters. The topological polar surface area (TPSA) is 58.6 Å². The van der Waals surface area contributed by atoms with Crippen LogP contribution in [0.4, 0.5) is 0 Å². The molecule has 0 aliphatic rings. The van der Waals surface area contributed by atoms with Crippen LogP contribution >= 0.6 is 11.6 Å². The lowest BCUT2D eigenvalue weighted by atomic mass is 10.1. The Morgan fingerprint density at radius 2 is 1.61 bits per heavy atom.